The van der Waals surface area contributed by atoms with Crippen LogP contribution in [0.4, 0.5) is 0 Å². The molecule has 0 amide bonds. The van der Waals surface area contributed by atoms with E-state index in [2.05, 4.69) is 30.1 Å². The highest BCUT2D eigenvalue weighted by Crippen LogP contribution is 2.40. The van der Waals surface area contributed by atoms with Gasteiger partial charge >= 0.3 is 0 Å². The minimum atomic E-state index is 0.864. The summed E-state index contributed by atoms with van der Waals surface area (Å²) >= 11 is 0. The maximum Gasteiger partial charge on any atom is -0.0109 e. The maximum atomic E-state index is 2.47. The molecule has 1 heteroatoms. The molecule has 1 fully saturated rings. The van der Waals surface area contributed by atoms with E-state index in [0.717, 1.165) is 14.1 Å². The van der Waals surface area contributed by atoms with Crippen LogP contribution in [0.15, 0.2) is 30.1 Å². The standard InChI is InChI=1S/C20H29P/c1-2-4-6-8-12-17(13-9-7-5-3-1)20-19-15-11-10-14-18(19)16-21-20/h10-11,14-17,21H,1-9,12-13H2. The van der Waals surface area contributed by atoms with Crippen molar-refractivity contribution >= 4 is 19.0 Å². The van der Waals surface area contributed by atoms with Crippen molar-refractivity contribution in [2.75, 3.05) is 0 Å². The van der Waals surface area contributed by atoms with Crippen LogP contribution in [0.3, 0.4) is 0 Å². The second-order valence-corrected chi connectivity index (χ2v) is 7.86. The number of hydrogen-bond acceptors (Lipinski definition) is 0. The Bertz CT molecular complexity index is 528. The van der Waals surface area contributed by atoms with Crippen molar-refractivity contribution < 1.29 is 0 Å². The van der Waals surface area contributed by atoms with Gasteiger partial charge in [-0.2, -0.15) is 0 Å². The van der Waals surface area contributed by atoms with Gasteiger partial charge in [0.25, 0.3) is 0 Å². The van der Waals surface area contributed by atoms with Gasteiger partial charge in [0.2, 0.25) is 0 Å². The van der Waals surface area contributed by atoms with Gasteiger partial charge in [-0.1, -0.05) is 82.1 Å². The van der Waals surface area contributed by atoms with E-state index in [1.54, 1.807) is 10.7 Å². The second-order valence-electron chi connectivity index (χ2n) is 6.75. The first-order valence-corrected chi connectivity index (χ1v) is 10.1. The fourth-order valence-corrected chi connectivity index (χ4v) is 5.36. The van der Waals surface area contributed by atoms with Gasteiger partial charge in [0.05, 0.1) is 0 Å². The van der Waals surface area contributed by atoms with Crippen LogP contribution in [0.25, 0.3) is 10.8 Å². The Morgan fingerprint density at radius 3 is 1.95 bits per heavy atom. The molecule has 0 spiro atoms. The summed E-state index contributed by atoms with van der Waals surface area (Å²) in [6.07, 6.45) is 16.0. The summed E-state index contributed by atoms with van der Waals surface area (Å²) in [5, 5.41) is 4.85. The molecule has 0 saturated heterocycles. The molecule has 1 heterocycles. The largest absolute Gasteiger partial charge is 0.135 e. The highest BCUT2D eigenvalue weighted by Gasteiger charge is 2.15. The zero-order valence-electron chi connectivity index (χ0n) is 13.2. The topological polar surface area (TPSA) is 0 Å². The molecule has 1 saturated carbocycles. The Hall–Kier alpha value is -0.740. The zero-order valence-corrected chi connectivity index (χ0v) is 14.2. The van der Waals surface area contributed by atoms with Gasteiger partial charge < -0.3 is 0 Å². The first-order chi connectivity index (χ1) is 10.4. The monoisotopic (exact) mass is 300 g/mol. The number of rotatable bonds is 1. The Kier molecular flexibility index (Phi) is 5.81. The Labute approximate surface area is 131 Å². The van der Waals surface area contributed by atoms with Crippen LogP contribution in [-0.2, 0) is 0 Å². The Morgan fingerprint density at radius 2 is 1.29 bits per heavy atom. The summed E-state index contributed by atoms with van der Waals surface area (Å²) in [6, 6.07) is 9.06. The molecule has 1 aromatic heterocycles. The molecule has 114 valence electrons. The first-order valence-electron chi connectivity index (χ1n) is 9.01. The van der Waals surface area contributed by atoms with E-state index in [4.69, 9.17) is 0 Å². The fraction of sp³-hybridized carbons (Fsp3) is 0.600. The molecule has 21 heavy (non-hydrogen) atoms. The highest BCUT2D eigenvalue weighted by atomic mass is 31.0. The first kappa shape index (κ1) is 15.2. The molecule has 0 N–H and O–H groups in total. The van der Waals surface area contributed by atoms with E-state index in [0.29, 0.717) is 0 Å². The number of hydrogen-bond donors (Lipinski definition) is 0. The molecule has 1 aliphatic carbocycles. The highest BCUT2D eigenvalue weighted by molar-refractivity contribution is 7.31. The lowest BCUT2D eigenvalue weighted by Gasteiger charge is -2.18. The van der Waals surface area contributed by atoms with Crippen LogP contribution >= 0.6 is 8.19 Å². The van der Waals surface area contributed by atoms with Crippen LogP contribution < -0.4 is 0 Å². The number of benzene rings is 1. The average molecular weight is 300 g/mol. The molecule has 0 nitrogen and oxygen atoms in total. The van der Waals surface area contributed by atoms with Gasteiger partial charge in [-0.25, -0.2) is 0 Å². The molecule has 1 aliphatic rings. The van der Waals surface area contributed by atoms with Crippen molar-refractivity contribution in [1.29, 1.82) is 0 Å². The number of fused-ring (bicyclic) bond motifs is 1. The van der Waals surface area contributed by atoms with E-state index in [-0.39, 0.29) is 0 Å². The fourth-order valence-electron chi connectivity index (χ4n) is 3.89. The molecule has 0 radical (unpaired) electrons. The van der Waals surface area contributed by atoms with Gasteiger partial charge in [0.1, 0.15) is 0 Å². The quantitative estimate of drug-likeness (QED) is 0.520. The molecule has 2 aromatic rings. The van der Waals surface area contributed by atoms with Gasteiger partial charge in [0, 0.05) is 0 Å². The average Bonchev–Trinajstić information content (AvgIpc) is 2.92. The molecular weight excluding hydrogens is 271 g/mol. The summed E-state index contributed by atoms with van der Waals surface area (Å²) in [5.41, 5.74) is 0. The van der Waals surface area contributed by atoms with Crippen LogP contribution in [0.2, 0.25) is 0 Å². The molecule has 0 aliphatic heterocycles. The third-order valence-electron chi connectivity index (χ3n) is 5.15. The van der Waals surface area contributed by atoms with Crippen LogP contribution in [0.1, 0.15) is 81.8 Å². The van der Waals surface area contributed by atoms with Crippen molar-refractivity contribution in [1.82, 2.24) is 0 Å². The third-order valence-corrected chi connectivity index (χ3v) is 6.59. The van der Waals surface area contributed by atoms with E-state index in [1.807, 2.05) is 0 Å². The SMILES string of the molecule is c1ccc2c(C3CCCCCCCCCCC3)[pH]cc2c1. The second kappa shape index (κ2) is 8.04. The lowest BCUT2D eigenvalue weighted by atomic mass is 9.90. The molecule has 3 rings (SSSR count). The zero-order chi connectivity index (χ0) is 14.3. The van der Waals surface area contributed by atoms with Gasteiger partial charge in [-0.15, -0.1) is 8.19 Å². The molecule has 1 atom stereocenters. The molecular formula is C20H29P. The summed E-state index contributed by atoms with van der Waals surface area (Å²) in [5.74, 6) is 3.34. The van der Waals surface area contributed by atoms with Crippen molar-refractivity contribution in [3.63, 3.8) is 0 Å². The summed E-state index contributed by atoms with van der Waals surface area (Å²) < 4.78 is 0. The third kappa shape index (κ3) is 4.13. The van der Waals surface area contributed by atoms with Crippen molar-refractivity contribution in [2.45, 2.75) is 76.5 Å². The van der Waals surface area contributed by atoms with E-state index in [9.17, 15) is 0 Å². The smallest absolute Gasteiger partial charge is 0.0109 e. The van der Waals surface area contributed by atoms with Crippen molar-refractivity contribution in [3.05, 3.63) is 35.4 Å². The van der Waals surface area contributed by atoms with E-state index < -0.39 is 0 Å². The van der Waals surface area contributed by atoms with Gasteiger partial charge in [0.15, 0.2) is 0 Å². The summed E-state index contributed by atoms with van der Waals surface area (Å²) in [6.45, 7) is 0. The predicted octanol–water partition coefficient (Wildman–Crippen LogP) is 7.26. The van der Waals surface area contributed by atoms with Gasteiger partial charge in [-0.05, 0) is 40.6 Å². The van der Waals surface area contributed by atoms with Crippen LogP contribution in [-0.4, -0.2) is 0 Å². The predicted molar refractivity (Wildman–Crippen MR) is 97.0 cm³/mol. The maximum absolute atomic E-state index is 2.47. The van der Waals surface area contributed by atoms with E-state index in [1.165, 1.54) is 76.0 Å². The van der Waals surface area contributed by atoms with Crippen molar-refractivity contribution in [3.8, 4) is 0 Å². The summed E-state index contributed by atoms with van der Waals surface area (Å²) in [7, 11) is 0.948. The van der Waals surface area contributed by atoms with Crippen LogP contribution in [0.5, 0.6) is 0 Å². The minimum Gasteiger partial charge on any atom is -0.135 e. The molecule has 0 bridgehead atoms. The molecule has 1 aromatic carbocycles. The normalized spacial score (nSPS) is 20.4. The van der Waals surface area contributed by atoms with Crippen molar-refractivity contribution in [2.24, 2.45) is 0 Å². The minimum absolute atomic E-state index is 0.864. The Balaban J connectivity index is 1.73. The van der Waals surface area contributed by atoms with Gasteiger partial charge in [-0.3, -0.25) is 0 Å². The van der Waals surface area contributed by atoms with Crippen LogP contribution in [0, 0.1) is 0 Å². The lowest BCUT2D eigenvalue weighted by molar-refractivity contribution is 0.472. The lowest BCUT2D eigenvalue weighted by Crippen LogP contribution is -1.98. The summed E-state index contributed by atoms with van der Waals surface area (Å²) in [4.78, 5) is 0. The Morgan fingerprint density at radius 1 is 0.714 bits per heavy atom. The molecule has 1 unspecified atom stereocenters. The van der Waals surface area contributed by atoms with E-state index >= 15 is 0 Å².